The Kier molecular flexibility index (Phi) is 11.4. The Balaban J connectivity index is 2.29. The van der Waals surface area contributed by atoms with E-state index >= 15 is 0 Å². The highest BCUT2D eigenvalue weighted by molar-refractivity contribution is 14.1. The second-order valence-electron chi connectivity index (χ2n) is 5.04. The Bertz CT molecular complexity index is 209. The summed E-state index contributed by atoms with van der Waals surface area (Å²) < 4.78 is 2.38. The van der Waals surface area contributed by atoms with Crippen molar-refractivity contribution in [3.05, 3.63) is 0 Å². The second-order valence-corrected chi connectivity index (χ2v) is 6.40. The van der Waals surface area contributed by atoms with Crippen LogP contribution in [0.2, 0.25) is 0 Å². The summed E-state index contributed by atoms with van der Waals surface area (Å²) in [6.07, 6.45) is 3.56. The monoisotopic (exact) mass is 384 g/mol. The van der Waals surface area contributed by atoms with Gasteiger partial charge in [-0.25, -0.2) is 3.11 Å². The minimum absolute atomic E-state index is 0.269. The van der Waals surface area contributed by atoms with E-state index in [-0.39, 0.29) is 6.61 Å². The van der Waals surface area contributed by atoms with Crippen LogP contribution in [0.5, 0.6) is 0 Å². The lowest BCUT2D eigenvalue weighted by atomic mass is 10.3. The number of halogens is 1. The van der Waals surface area contributed by atoms with Gasteiger partial charge in [0.2, 0.25) is 0 Å². The third-order valence-electron chi connectivity index (χ3n) is 3.35. The molecule has 3 N–H and O–H groups in total. The second kappa shape index (κ2) is 12.3. The molecule has 1 aliphatic rings. The average molecular weight is 384 g/mol. The number of nitrogens with one attached hydrogen (secondary N) is 2. The normalized spacial score (nSPS) is 23.7. The standard InChI is InChI=1S/C13H29IN4O/c14-18-10-2-5-16-7-6-15-4-1-8-17(12-13-19)9-3-11-18/h15-16,19H,1-13H2. The van der Waals surface area contributed by atoms with Crippen LogP contribution in [0.25, 0.3) is 0 Å². The van der Waals surface area contributed by atoms with Crippen LogP contribution in [-0.4, -0.2) is 78.6 Å². The van der Waals surface area contributed by atoms with Crippen molar-refractivity contribution >= 4 is 22.9 Å². The van der Waals surface area contributed by atoms with Crippen LogP contribution in [0.4, 0.5) is 0 Å². The van der Waals surface area contributed by atoms with E-state index in [4.69, 9.17) is 5.11 Å². The summed E-state index contributed by atoms with van der Waals surface area (Å²) in [6.45, 7) is 9.84. The Morgan fingerprint density at radius 2 is 1.42 bits per heavy atom. The molecule has 5 nitrogen and oxygen atoms in total. The molecule has 0 bridgehead atoms. The lowest BCUT2D eigenvalue weighted by Gasteiger charge is -2.22. The molecule has 0 spiro atoms. The summed E-state index contributed by atoms with van der Waals surface area (Å²) in [7, 11) is 0. The fourth-order valence-electron chi connectivity index (χ4n) is 2.28. The van der Waals surface area contributed by atoms with Crippen molar-refractivity contribution in [2.24, 2.45) is 0 Å². The van der Waals surface area contributed by atoms with Crippen LogP contribution in [0.1, 0.15) is 19.3 Å². The molecule has 19 heavy (non-hydrogen) atoms. The predicted molar refractivity (Wildman–Crippen MR) is 88.7 cm³/mol. The van der Waals surface area contributed by atoms with Crippen LogP contribution in [0.15, 0.2) is 0 Å². The van der Waals surface area contributed by atoms with Crippen LogP contribution >= 0.6 is 22.9 Å². The van der Waals surface area contributed by atoms with Crippen LogP contribution in [0.3, 0.4) is 0 Å². The van der Waals surface area contributed by atoms with Crippen molar-refractivity contribution in [1.29, 1.82) is 0 Å². The van der Waals surface area contributed by atoms with Gasteiger partial charge in [0, 0.05) is 55.6 Å². The van der Waals surface area contributed by atoms with Crippen LogP contribution < -0.4 is 10.6 Å². The molecule has 0 aliphatic carbocycles. The summed E-state index contributed by atoms with van der Waals surface area (Å²) in [5.41, 5.74) is 0. The van der Waals surface area contributed by atoms with Gasteiger partial charge in [-0.15, -0.1) is 0 Å². The number of β-amino-alcohol motifs (C(OH)–C–C–N with tert-alkyl or cyclic N) is 1. The van der Waals surface area contributed by atoms with Crippen molar-refractivity contribution in [2.45, 2.75) is 19.3 Å². The summed E-state index contributed by atoms with van der Waals surface area (Å²) in [6, 6.07) is 0. The number of aliphatic hydroxyl groups is 1. The van der Waals surface area contributed by atoms with Gasteiger partial charge in [0.15, 0.2) is 0 Å². The molecule has 1 aliphatic heterocycles. The first kappa shape index (κ1) is 17.6. The summed E-state index contributed by atoms with van der Waals surface area (Å²) in [5, 5.41) is 16.0. The summed E-state index contributed by atoms with van der Waals surface area (Å²) in [4.78, 5) is 2.38. The molecule has 1 heterocycles. The zero-order valence-electron chi connectivity index (χ0n) is 11.9. The molecule has 1 fully saturated rings. The van der Waals surface area contributed by atoms with Gasteiger partial charge in [0.25, 0.3) is 0 Å². The molecule has 6 heteroatoms. The minimum Gasteiger partial charge on any atom is -0.395 e. The fraction of sp³-hybridized carbons (Fsp3) is 1.00. The maximum absolute atomic E-state index is 9.10. The fourth-order valence-corrected chi connectivity index (χ4v) is 2.97. The predicted octanol–water partition coefficient (Wildman–Crippen LogP) is 0.296. The molecule has 0 radical (unpaired) electrons. The summed E-state index contributed by atoms with van der Waals surface area (Å²) >= 11 is 2.43. The third-order valence-corrected chi connectivity index (χ3v) is 4.32. The Labute approximate surface area is 131 Å². The van der Waals surface area contributed by atoms with Gasteiger partial charge < -0.3 is 20.6 Å². The van der Waals surface area contributed by atoms with Gasteiger partial charge in [-0.1, -0.05) is 0 Å². The highest BCUT2D eigenvalue weighted by Crippen LogP contribution is 2.03. The smallest absolute Gasteiger partial charge is 0.0558 e. The minimum atomic E-state index is 0.269. The quantitative estimate of drug-likeness (QED) is 0.472. The molecule has 0 amide bonds. The van der Waals surface area contributed by atoms with Gasteiger partial charge in [-0.05, 0) is 45.4 Å². The Hall–Kier alpha value is 0.530. The molecule has 0 atom stereocenters. The molecular weight excluding hydrogens is 355 g/mol. The van der Waals surface area contributed by atoms with Crippen molar-refractivity contribution < 1.29 is 5.11 Å². The van der Waals surface area contributed by atoms with Crippen molar-refractivity contribution in [3.63, 3.8) is 0 Å². The highest BCUT2D eigenvalue weighted by Gasteiger charge is 2.06. The number of aliphatic hydroxyl groups excluding tert-OH is 1. The van der Waals surface area contributed by atoms with E-state index in [1.54, 1.807) is 0 Å². The largest absolute Gasteiger partial charge is 0.395 e. The lowest BCUT2D eigenvalue weighted by Crippen LogP contribution is -2.33. The topological polar surface area (TPSA) is 50.8 Å². The van der Waals surface area contributed by atoms with Gasteiger partial charge in [-0.2, -0.15) is 0 Å². The first-order valence-corrected chi connectivity index (χ1v) is 8.45. The average Bonchev–Trinajstić information content (AvgIpc) is 2.40. The van der Waals surface area contributed by atoms with Crippen LogP contribution in [0, 0.1) is 0 Å². The molecule has 114 valence electrons. The molecular formula is C13H29IN4O. The Morgan fingerprint density at radius 3 is 2.11 bits per heavy atom. The number of rotatable bonds is 2. The maximum atomic E-state index is 9.10. The molecule has 1 saturated heterocycles. The van der Waals surface area contributed by atoms with Crippen molar-refractivity contribution in [3.8, 4) is 0 Å². The number of nitrogens with zero attached hydrogens (tertiary/aromatic N) is 2. The zero-order valence-corrected chi connectivity index (χ0v) is 14.1. The SMILES string of the molecule is OCCN1CCCNCCNCCCN(I)CCC1. The Morgan fingerprint density at radius 1 is 0.842 bits per heavy atom. The van der Waals surface area contributed by atoms with E-state index in [9.17, 15) is 0 Å². The van der Waals surface area contributed by atoms with Crippen molar-refractivity contribution in [2.75, 3.05) is 65.5 Å². The first-order chi connectivity index (χ1) is 9.33. The van der Waals surface area contributed by atoms with E-state index in [0.29, 0.717) is 0 Å². The van der Waals surface area contributed by atoms with E-state index in [1.165, 1.54) is 12.8 Å². The van der Waals surface area contributed by atoms with E-state index in [0.717, 1.165) is 65.3 Å². The lowest BCUT2D eigenvalue weighted by molar-refractivity contribution is 0.190. The molecule has 0 aromatic rings. The van der Waals surface area contributed by atoms with Crippen LogP contribution in [-0.2, 0) is 0 Å². The first-order valence-electron chi connectivity index (χ1n) is 7.48. The molecule has 0 aromatic carbocycles. The van der Waals surface area contributed by atoms with Gasteiger partial charge in [0.1, 0.15) is 0 Å². The number of hydrogen-bond donors (Lipinski definition) is 3. The van der Waals surface area contributed by atoms with E-state index in [1.807, 2.05) is 0 Å². The maximum Gasteiger partial charge on any atom is 0.0558 e. The molecule has 1 rings (SSSR count). The van der Waals surface area contributed by atoms with Gasteiger partial charge in [-0.3, -0.25) is 0 Å². The van der Waals surface area contributed by atoms with Gasteiger partial charge in [0.05, 0.1) is 6.61 Å². The number of hydrogen-bond acceptors (Lipinski definition) is 5. The third kappa shape index (κ3) is 9.97. The molecule has 0 aromatic heterocycles. The molecule has 0 saturated carbocycles. The van der Waals surface area contributed by atoms with E-state index in [2.05, 4.69) is 41.5 Å². The zero-order chi connectivity index (χ0) is 13.8. The van der Waals surface area contributed by atoms with E-state index < -0.39 is 0 Å². The van der Waals surface area contributed by atoms with Gasteiger partial charge >= 0.3 is 0 Å². The molecule has 0 unspecified atom stereocenters. The van der Waals surface area contributed by atoms with Crippen molar-refractivity contribution in [1.82, 2.24) is 18.6 Å². The summed E-state index contributed by atoms with van der Waals surface area (Å²) in [5.74, 6) is 0. The highest BCUT2D eigenvalue weighted by atomic mass is 127.